The number of benzene rings is 1. The van der Waals surface area contributed by atoms with Crippen molar-refractivity contribution in [1.29, 1.82) is 0 Å². The Balaban J connectivity index is 2.52. The zero-order valence-electron chi connectivity index (χ0n) is 10.3. The number of likely N-dealkylation sites (N-methyl/N-ethyl adjacent to an activating group) is 1. The van der Waals surface area contributed by atoms with Crippen LogP contribution in [0.4, 0.5) is 0 Å². The second-order valence-corrected chi connectivity index (χ2v) is 5.37. The highest BCUT2D eigenvalue weighted by Gasteiger charge is 2.29. The minimum atomic E-state index is -0.982. The number of nitrogens with two attached hydrogens (primary N) is 1. The Hall–Kier alpha value is -1.43. The Kier molecular flexibility index (Phi) is 3.65. The average Bonchev–Trinajstić information content (AvgIpc) is 2.73. The van der Waals surface area contributed by atoms with Gasteiger partial charge < -0.3 is 15.7 Å². The monoisotopic (exact) mass is 264 g/mol. The fraction of sp³-hybridized carbons (Fsp3) is 0.308. The molecule has 5 heteroatoms. The molecule has 0 bridgehead atoms. The molecule has 4 nitrogen and oxygen atoms in total. The maximum Gasteiger partial charge on any atom is 0.322 e. The molecule has 2 atom stereocenters. The van der Waals surface area contributed by atoms with E-state index >= 15 is 0 Å². The number of hydrogen-bond donors (Lipinski definition) is 2. The lowest BCUT2D eigenvalue weighted by atomic mass is 9.98. The van der Waals surface area contributed by atoms with Crippen molar-refractivity contribution in [3.05, 3.63) is 35.2 Å². The minimum absolute atomic E-state index is 0.321. The van der Waals surface area contributed by atoms with E-state index in [1.54, 1.807) is 11.3 Å². The van der Waals surface area contributed by atoms with E-state index in [0.717, 1.165) is 15.6 Å². The van der Waals surface area contributed by atoms with E-state index < -0.39 is 12.0 Å². The van der Waals surface area contributed by atoms with Gasteiger partial charge in [0.15, 0.2) is 0 Å². The van der Waals surface area contributed by atoms with Crippen LogP contribution in [-0.2, 0) is 4.79 Å². The van der Waals surface area contributed by atoms with Crippen LogP contribution in [0.5, 0.6) is 0 Å². The molecule has 0 fully saturated rings. The van der Waals surface area contributed by atoms with Crippen LogP contribution in [0.15, 0.2) is 29.6 Å². The van der Waals surface area contributed by atoms with Crippen molar-refractivity contribution in [2.45, 2.75) is 12.1 Å². The lowest BCUT2D eigenvalue weighted by Gasteiger charge is -2.27. The Bertz CT molecular complexity index is 565. The predicted molar refractivity (Wildman–Crippen MR) is 73.9 cm³/mol. The van der Waals surface area contributed by atoms with E-state index in [-0.39, 0.29) is 6.04 Å². The van der Waals surface area contributed by atoms with E-state index in [0.29, 0.717) is 0 Å². The van der Waals surface area contributed by atoms with Crippen LogP contribution in [0.2, 0.25) is 0 Å². The summed E-state index contributed by atoms with van der Waals surface area (Å²) >= 11 is 1.61. The summed E-state index contributed by atoms with van der Waals surface area (Å²) in [6, 6.07) is 6.72. The van der Waals surface area contributed by atoms with Gasteiger partial charge in [-0.05, 0) is 36.5 Å². The Morgan fingerprint density at radius 1 is 1.39 bits per heavy atom. The number of hydrogen-bond acceptors (Lipinski definition) is 4. The summed E-state index contributed by atoms with van der Waals surface area (Å²) in [7, 11) is 3.69. The molecule has 0 saturated heterocycles. The number of fused-ring (bicyclic) bond motifs is 1. The fourth-order valence-electron chi connectivity index (χ4n) is 2.16. The van der Waals surface area contributed by atoms with Crippen molar-refractivity contribution >= 4 is 27.4 Å². The number of rotatable bonds is 4. The van der Waals surface area contributed by atoms with Crippen LogP contribution in [0.25, 0.3) is 10.1 Å². The third kappa shape index (κ3) is 2.25. The smallest absolute Gasteiger partial charge is 0.322 e. The topological polar surface area (TPSA) is 66.6 Å². The van der Waals surface area contributed by atoms with E-state index in [1.165, 1.54) is 0 Å². The standard InChI is InChI=1S/C13H16N2O2S/c1-15(2)12(11(14)13(16)17)9-7-18-10-6-4-3-5-8(9)10/h3-7,11-12H,14H2,1-2H3,(H,16,17). The summed E-state index contributed by atoms with van der Waals surface area (Å²) in [5.41, 5.74) is 6.79. The molecule has 2 rings (SSSR count). The van der Waals surface area contributed by atoms with Crippen molar-refractivity contribution in [3.8, 4) is 0 Å². The molecule has 0 amide bonds. The summed E-state index contributed by atoms with van der Waals surface area (Å²) in [6.07, 6.45) is 0. The second kappa shape index (κ2) is 5.06. The van der Waals surface area contributed by atoms with Gasteiger partial charge >= 0.3 is 5.97 Å². The van der Waals surface area contributed by atoms with Crippen LogP contribution < -0.4 is 5.73 Å². The molecular weight excluding hydrogens is 248 g/mol. The fourth-order valence-corrected chi connectivity index (χ4v) is 3.15. The first-order valence-corrected chi connectivity index (χ1v) is 6.51. The molecule has 3 N–H and O–H groups in total. The predicted octanol–water partition coefficient (Wildman–Crippen LogP) is 1.92. The molecule has 0 aliphatic heterocycles. The summed E-state index contributed by atoms with van der Waals surface area (Å²) in [6.45, 7) is 0. The van der Waals surface area contributed by atoms with Gasteiger partial charge in [0, 0.05) is 4.70 Å². The largest absolute Gasteiger partial charge is 0.480 e. The van der Waals surface area contributed by atoms with Crippen LogP contribution in [0, 0.1) is 0 Å². The molecule has 0 saturated carbocycles. The van der Waals surface area contributed by atoms with E-state index in [4.69, 9.17) is 10.8 Å². The number of carboxylic acids is 1. The first-order valence-electron chi connectivity index (χ1n) is 5.63. The summed E-state index contributed by atoms with van der Waals surface area (Å²) in [5.74, 6) is -0.982. The van der Waals surface area contributed by atoms with Gasteiger partial charge in [-0.1, -0.05) is 18.2 Å². The molecule has 96 valence electrons. The lowest BCUT2D eigenvalue weighted by molar-refractivity contribution is -0.140. The Morgan fingerprint density at radius 3 is 2.67 bits per heavy atom. The first-order chi connectivity index (χ1) is 8.52. The van der Waals surface area contributed by atoms with Gasteiger partial charge in [-0.25, -0.2) is 0 Å². The molecule has 0 radical (unpaired) electrons. The third-order valence-corrected chi connectivity index (χ3v) is 3.99. The molecule has 1 aromatic heterocycles. The van der Waals surface area contributed by atoms with Crippen LogP contribution in [0.3, 0.4) is 0 Å². The van der Waals surface area contributed by atoms with Crippen molar-refractivity contribution in [1.82, 2.24) is 4.90 Å². The molecule has 18 heavy (non-hydrogen) atoms. The Labute approximate surface area is 110 Å². The molecule has 1 heterocycles. The number of thiophene rings is 1. The summed E-state index contributed by atoms with van der Waals surface area (Å²) < 4.78 is 1.15. The van der Waals surface area contributed by atoms with Crippen LogP contribution >= 0.6 is 11.3 Å². The van der Waals surface area contributed by atoms with Gasteiger partial charge in [0.2, 0.25) is 0 Å². The molecule has 2 aromatic rings. The van der Waals surface area contributed by atoms with Gasteiger partial charge in [-0.2, -0.15) is 0 Å². The molecule has 2 unspecified atom stereocenters. The van der Waals surface area contributed by atoms with Gasteiger partial charge in [0.25, 0.3) is 0 Å². The van der Waals surface area contributed by atoms with Crippen LogP contribution in [-0.4, -0.2) is 36.1 Å². The van der Waals surface area contributed by atoms with Gasteiger partial charge in [0.05, 0.1) is 6.04 Å². The highest BCUT2D eigenvalue weighted by molar-refractivity contribution is 7.17. The molecule has 0 aliphatic carbocycles. The highest BCUT2D eigenvalue weighted by Crippen LogP contribution is 2.33. The zero-order chi connectivity index (χ0) is 13.3. The normalized spacial score (nSPS) is 14.9. The van der Waals surface area contributed by atoms with Gasteiger partial charge in [-0.15, -0.1) is 11.3 Å². The first kappa shape index (κ1) is 13.0. The zero-order valence-corrected chi connectivity index (χ0v) is 11.1. The lowest BCUT2D eigenvalue weighted by Crippen LogP contribution is -2.42. The number of carboxylic acid groups (broad SMARTS) is 1. The molecule has 1 aromatic carbocycles. The Morgan fingerprint density at radius 2 is 2.06 bits per heavy atom. The van der Waals surface area contributed by atoms with E-state index in [9.17, 15) is 4.79 Å². The van der Waals surface area contributed by atoms with Crippen molar-refractivity contribution < 1.29 is 9.90 Å². The molecule has 0 aliphatic rings. The third-order valence-electron chi connectivity index (χ3n) is 3.01. The second-order valence-electron chi connectivity index (χ2n) is 4.46. The summed E-state index contributed by atoms with van der Waals surface area (Å²) in [5, 5.41) is 12.2. The number of aliphatic carboxylic acids is 1. The average molecular weight is 264 g/mol. The van der Waals surface area contributed by atoms with E-state index in [2.05, 4.69) is 0 Å². The number of nitrogens with zero attached hydrogens (tertiary/aromatic N) is 1. The minimum Gasteiger partial charge on any atom is -0.480 e. The van der Waals surface area contributed by atoms with Gasteiger partial charge in [-0.3, -0.25) is 4.79 Å². The SMILES string of the molecule is CN(C)C(c1csc2ccccc12)C(N)C(=O)O. The van der Waals surface area contributed by atoms with Crippen molar-refractivity contribution in [3.63, 3.8) is 0 Å². The maximum atomic E-state index is 11.1. The maximum absolute atomic E-state index is 11.1. The summed E-state index contributed by atoms with van der Waals surface area (Å²) in [4.78, 5) is 13.0. The van der Waals surface area contributed by atoms with Crippen LogP contribution in [0.1, 0.15) is 11.6 Å². The van der Waals surface area contributed by atoms with E-state index in [1.807, 2.05) is 48.6 Å². The molecule has 0 spiro atoms. The quantitative estimate of drug-likeness (QED) is 0.885. The van der Waals surface area contributed by atoms with Crippen molar-refractivity contribution in [2.24, 2.45) is 5.73 Å². The van der Waals surface area contributed by atoms with Crippen molar-refractivity contribution in [2.75, 3.05) is 14.1 Å². The number of carbonyl (C=O) groups is 1. The molecular formula is C13H16N2O2S. The highest BCUT2D eigenvalue weighted by atomic mass is 32.1. The van der Waals surface area contributed by atoms with Gasteiger partial charge in [0.1, 0.15) is 6.04 Å².